The van der Waals surface area contributed by atoms with Crippen LogP contribution in [-0.2, 0) is 19.5 Å². The maximum Gasteiger partial charge on any atom is 0.320 e. The van der Waals surface area contributed by atoms with Gasteiger partial charge in [0.15, 0.2) is 0 Å². The Labute approximate surface area is 101 Å². The molecule has 92 valence electrons. The first-order valence-electron chi connectivity index (χ1n) is 6.38. The van der Waals surface area contributed by atoms with Crippen LogP contribution in [-0.4, -0.2) is 39.1 Å². The zero-order chi connectivity index (χ0) is 11.8. The van der Waals surface area contributed by atoms with Crippen molar-refractivity contribution in [1.29, 1.82) is 0 Å². The summed E-state index contributed by atoms with van der Waals surface area (Å²) < 4.78 is 0. The van der Waals surface area contributed by atoms with Crippen molar-refractivity contribution >= 4 is 6.03 Å². The molecule has 5 heteroatoms. The normalized spacial score (nSPS) is 18.9. The molecule has 3 heterocycles. The number of nitrogens with one attached hydrogen (secondary N) is 1. The number of nitrogens with zero attached hydrogens (tertiary/aromatic N) is 3. The van der Waals surface area contributed by atoms with Crippen molar-refractivity contribution in [1.82, 2.24) is 20.0 Å². The summed E-state index contributed by atoms with van der Waals surface area (Å²) >= 11 is 0. The number of aryl methyl sites for hydroxylation is 1. The van der Waals surface area contributed by atoms with E-state index in [0.717, 1.165) is 50.3 Å². The molecule has 0 saturated carbocycles. The van der Waals surface area contributed by atoms with Crippen molar-refractivity contribution in [2.75, 3.05) is 13.1 Å². The van der Waals surface area contributed by atoms with E-state index in [1.165, 1.54) is 5.56 Å². The molecule has 2 aliphatic heterocycles. The van der Waals surface area contributed by atoms with E-state index in [9.17, 15) is 4.79 Å². The second-order valence-electron chi connectivity index (χ2n) is 4.81. The van der Waals surface area contributed by atoms with E-state index in [0.29, 0.717) is 6.54 Å². The quantitative estimate of drug-likeness (QED) is 0.800. The monoisotopic (exact) mass is 234 g/mol. The number of carbonyl (C=O) groups is 1. The Morgan fingerprint density at radius 1 is 1.29 bits per heavy atom. The summed E-state index contributed by atoms with van der Waals surface area (Å²) in [5, 5.41) is 7.32. The van der Waals surface area contributed by atoms with Gasteiger partial charge in [0.05, 0.1) is 24.5 Å². The molecule has 2 aliphatic rings. The largest absolute Gasteiger partial charge is 0.325 e. The average Bonchev–Trinajstić information content (AvgIpc) is 3.04. The van der Waals surface area contributed by atoms with Gasteiger partial charge in [-0.3, -0.25) is 5.10 Å². The Morgan fingerprint density at radius 2 is 2.06 bits per heavy atom. The molecule has 1 aromatic heterocycles. The van der Waals surface area contributed by atoms with Crippen LogP contribution in [0.3, 0.4) is 0 Å². The number of likely N-dealkylation sites (tertiary alicyclic amines) is 1. The summed E-state index contributed by atoms with van der Waals surface area (Å²) in [6, 6.07) is 0.189. The number of urea groups is 1. The molecule has 0 aromatic carbocycles. The van der Waals surface area contributed by atoms with Gasteiger partial charge in [0.1, 0.15) is 0 Å². The standard InChI is InChI=1S/C12H18N4O/c1-2-10-9-7-16(8-11(9)14-13-10)12(17)15-5-3-4-6-15/h2-8H2,1H3,(H,13,14). The van der Waals surface area contributed by atoms with Gasteiger partial charge < -0.3 is 9.80 Å². The van der Waals surface area contributed by atoms with Crippen LogP contribution in [0.1, 0.15) is 36.7 Å². The van der Waals surface area contributed by atoms with Crippen LogP contribution >= 0.6 is 0 Å². The maximum atomic E-state index is 12.2. The second kappa shape index (κ2) is 4.05. The molecular weight excluding hydrogens is 216 g/mol. The molecule has 1 fully saturated rings. The SMILES string of the molecule is CCc1n[nH]c2c1CN(C(=O)N1CCCC1)C2. The highest BCUT2D eigenvalue weighted by Crippen LogP contribution is 2.25. The number of amides is 2. The van der Waals surface area contributed by atoms with Gasteiger partial charge in [0.2, 0.25) is 0 Å². The molecule has 3 rings (SSSR count). The molecule has 0 atom stereocenters. The highest BCUT2D eigenvalue weighted by molar-refractivity contribution is 5.75. The van der Waals surface area contributed by atoms with Crippen molar-refractivity contribution in [3.63, 3.8) is 0 Å². The van der Waals surface area contributed by atoms with Gasteiger partial charge >= 0.3 is 6.03 Å². The minimum absolute atomic E-state index is 0.189. The Hall–Kier alpha value is -1.52. The molecule has 0 radical (unpaired) electrons. The fraction of sp³-hybridized carbons (Fsp3) is 0.667. The molecule has 17 heavy (non-hydrogen) atoms. The highest BCUT2D eigenvalue weighted by atomic mass is 16.2. The predicted molar refractivity (Wildman–Crippen MR) is 63.4 cm³/mol. The molecule has 2 amide bonds. The molecule has 0 spiro atoms. The number of H-pyrrole nitrogens is 1. The lowest BCUT2D eigenvalue weighted by Gasteiger charge is -2.23. The van der Waals surface area contributed by atoms with E-state index in [4.69, 9.17) is 0 Å². The van der Waals surface area contributed by atoms with Crippen LogP contribution in [0.25, 0.3) is 0 Å². The Balaban J connectivity index is 1.72. The third kappa shape index (κ3) is 1.69. The smallest absolute Gasteiger partial charge is 0.320 e. The lowest BCUT2D eigenvalue weighted by molar-refractivity contribution is 0.162. The summed E-state index contributed by atoms with van der Waals surface area (Å²) in [6.07, 6.45) is 3.22. The number of hydrogen-bond acceptors (Lipinski definition) is 2. The molecule has 1 aromatic rings. The lowest BCUT2D eigenvalue weighted by atomic mass is 10.2. The zero-order valence-electron chi connectivity index (χ0n) is 10.2. The molecule has 1 N–H and O–H groups in total. The van der Waals surface area contributed by atoms with E-state index < -0.39 is 0 Å². The topological polar surface area (TPSA) is 52.2 Å². The summed E-state index contributed by atoms with van der Waals surface area (Å²) in [7, 11) is 0. The first-order valence-corrected chi connectivity index (χ1v) is 6.38. The van der Waals surface area contributed by atoms with E-state index >= 15 is 0 Å². The van der Waals surface area contributed by atoms with Crippen LogP contribution in [0.4, 0.5) is 4.79 Å². The first-order chi connectivity index (χ1) is 8.29. The third-order valence-electron chi connectivity index (χ3n) is 3.72. The van der Waals surface area contributed by atoms with Gasteiger partial charge in [-0.25, -0.2) is 4.79 Å². The van der Waals surface area contributed by atoms with Gasteiger partial charge in [-0.05, 0) is 19.3 Å². The molecule has 1 saturated heterocycles. The Kier molecular flexibility index (Phi) is 2.53. The molecule has 5 nitrogen and oxygen atoms in total. The van der Waals surface area contributed by atoms with Crippen LogP contribution in [0.15, 0.2) is 0 Å². The fourth-order valence-electron chi connectivity index (χ4n) is 2.74. The minimum Gasteiger partial charge on any atom is -0.325 e. The van der Waals surface area contributed by atoms with Crippen LogP contribution in [0, 0.1) is 0 Å². The molecular formula is C12H18N4O. The summed E-state index contributed by atoms with van der Waals surface area (Å²) in [5.41, 5.74) is 3.46. The Morgan fingerprint density at radius 3 is 2.76 bits per heavy atom. The van der Waals surface area contributed by atoms with E-state index in [1.54, 1.807) is 0 Å². The van der Waals surface area contributed by atoms with Gasteiger partial charge in [0.25, 0.3) is 0 Å². The van der Waals surface area contributed by atoms with Crippen LogP contribution in [0.2, 0.25) is 0 Å². The van der Waals surface area contributed by atoms with Gasteiger partial charge in [0, 0.05) is 18.7 Å². The van der Waals surface area contributed by atoms with Crippen molar-refractivity contribution in [3.05, 3.63) is 17.0 Å². The van der Waals surface area contributed by atoms with Gasteiger partial charge in [-0.2, -0.15) is 5.10 Å². The number of fused-ring (bicyclic) bond motifs is 1. The van der Waals surface area contributed by atoms with Crippen molar-refractivity contribution in [2.45, 2.75) is 39.3 Å². The fourth-order valence-corrected chi connectivity index (χ4v) is 2.74. The van der Waals surface area contributed by atoms with Crippen LogP contribution in [0.5, 0.6) is 0 Å². The predicted octanol–water partition coefficient (Wildman–Crippen LogP) is 1.50. The zero-order valence-corrected chi connectivity index (χ0v) is 10.2. The first kappa shape index (κ1) is 10.6. The second-order valence-corrected chi connectivity index (χ2v) is 4.81. The maximum absolute atomic E-state index is 12.2. The summed E-state index contributed by atoms with van der Waals surface area (Å²) in [5.74, 6) is 0. The van der Waals surface area contributed by atoms with Crippen molar-refractivity contribution in [3.8, 4) is 0 Å². The van der Waals surface area contributed by atoms with E-state index in [2.05, 4.69) is 17.1 Å². The number of aromatic nitrogens is 2. The average molecular weight is 234 g/mol. The van der Waals surface area contributed by atoms with Crippen molar-refractivity contribution in [2.24, 2.45) is 0 Å². The highest BCUT2D eigenvalue weighted by Gasteiger charge is 2.31. The van der Waals surface area contributed by atoms with Crippen LogP contribution < -0.4 is 0 Å². The molecule has 0 aliphatic carbocycles. The van der Waals surface area contributed by atoms with Crippen molar-refractivity contribution < 1.29 is 4.79 Å². The number of carbonyl (C=O) groups excluding carboxylic acids is 1. The summed E-state index contributed by atoms with van der Waals surface area (Å²) in [6.45, 7) is 5.35. The van der Waals surface area contributed by atoms with E-state index in [1.807, 2.05) is 9.80 Å². The minimum atomic E-state index is 0.189. The van der Waals surface area contributed by atoms with Gasteiger partial charge in [-0.1, -0.05) is 6.92 Å². The number of rotatable bonds is 1. The number of aromatic amines is 1. The summed E-state index contributed by atoms with van der Waals surface area (Å²) in [4.78, 5) is 16.1. The number of hydrogen-bond donors (Lipinski definition) is 1. The lowest BCUT2D eigenvalue weighted by Crippen LogP contribution is -2.38. The van der Waals surface area contributed by atoms with Gasteiger partial charge in [-0.15, -0.1) is 0 Å². The van der Waals surface area contributed by atoms with E-state index in [-0.39, 0.29) is 6.03 Å². The molecule has 0 unspecified atom stereocenters. The molecule has 0 bridgehead atoms. The Bertz CT molecular complexity index is 434. The third-order valence-corrected chi connectivity index (χ3v) is 3.72.